The van der Waals surface area contributed by atoms with E-state index in [1.165, 1.54) is 6.42 Å². The first-order valence-electron chi connectivity index (χ1n) is 5.66. The van der Waals surface area contributed by atoms with E-state index in [1.54, 1.807) is 12.4 Å². The first kappa shape index (κ1) is 13.3. The fraction of sp³-hybridized carbons (Fsp3) is 0.583. The Morgan fingerprint density at radius 3 is 2.56 bits per heavy atom. The highest BCUT2D eigenvalue weighted by atomic mass is 79.9. The number of hydrogen-bond donors (Lipinski definition) is 2. The number of rotatable bonds is 5. The molecule has 1 aromatic heterocycles. The summed E-state index contributed by atoms with van der Waals surface area (Å²) >= 11 is 3.45. The van der Waals surface area contributed by atoms with E-state index in [-0.39, 0.29) is 0 Å². The molecule has 1 aromatic rings. The van der Waals surface area contributed by atoms with Gasteiger partial charge in [0.05, 0.1) is 22.0 Å². The van der Waals surface area contributed by atoms with Crippen LogP contribution in [-0.4, -0.2) is 11.0 Å². The second-order valence-electron chi connectivity index (χ2n) is 4.60. The lowest BCUT2D eigenvalue weighted by Crippen LogP contribution is -2.17. The zero-order valence-electron chi connectivity index (χ0n) is 10.1. The molecule has 3 N–H and O–H groups in total. The predicted molar refractivity (Wildman–Crippen MR) is 73.5 cm³/mol. The maximum absolute atomic E-state index is 5.87. The number of nitrogens with zero attached hydrogens (tertiary/aromatic N) is 1. The van der Waals surface area contributed by atoms with Gasteiger partial charge in [0.25, 0.3) is 0 Å². The number of halogens is 1. The topological polar surface area (TPSA) is 50.9 Å². The van der Waals surface area contributed by atoms with Crippen molar-refractivity contribution < 1.29 is 0 Å². The first-order chi connectivity index (χ1) is 7.50. The smallest absolute Gasteiger partial charge is 0.0752 e. The molecule has 0 radical (unpaired) electrons. The van der Waals surface area contributed by atoms with Crippen molar-refractivity contribution in [1.29, 1.82) is 0 Å². The third-order valence-electron chi connectivity index (χ3n) is 2.50. The quantitative estimate of drug-likeness (QED) is 0.868. The summed E-state index contributed by atoms with van der Waals surface area (Å²) in [5.41, 5.74) is 7.51. The summed E-state index contributed by atoms with van der Waals surface area (Å²) < 4.78 is 0.920. The number of nitrogen functional groups attached to an aromatic ring is 1. The molecule has 1 rings (SSSR count). The van der Waals surface area contributed by atoms with Crippen LogP contribution >= 0.6 is 15.9 Å². The summed E-state index contributed by atoms with van der Waals surface area (Å²) in [4.78, 5) is 4.01. The van der Waals surface area contributed by atoms with Crippen molar-refractivity contribution in [2.45, 2.75) is 39.7 Å². The van der Waals surface area contributed by atoms with Crippen LogP contribution in [0, 0.1) is 5.92 Å². The summed E-state index contributed by atoms with van der Waals surface area (Å²) in [6.45, 7) is 6.65. The van der Waals surface area contributed by atoms with Gasteiger partial charge in [-0.15, -0.1) is 0 Å². The van der Waals surface area contributed by atoms with Gasteiger partial charge in [-0.25, -0.2) is 0 Å². The van der Waals surface area contributed by atoms with Crippen LogP contribution < -0.4 is 11.1 Å². The Kier molecular flexibility index (Phi) is 5.06. The molecule has 3 nitrogen and oxygen atoms in total. The fourth-order valence-electron chi connectivity index (χ4n) is 1.50. The van der Waals surface area contributed by atoms with Gasteiger partial charge in [0.1, 0.15) is 0 Å². The van der Waals surface area contributed by atoms with E-state index in [1.807, 2.05) is 0 Å². The maximum atomic E-state index is 5.87. The van der Waals surface area contributed by atoms with Crippen molar-refractivity contribution in [3.63, 3.8) is 0 Å². The van der Waals surface area contributed by atoms with Gasteiger partial charge in [-0.2, -0.15) is 0 Å². The van der Waals surface area contributed by atoms with Gasteiger partial charge >= 0.3 is 0 Å². The Morgan fingerprint density at radius 2 is 2.00 bits per heavy atom. The Labute approximate surface area is 106 Å². The van der Waals surface area contributed by atoms with Crippen molar-refractivity contribution in [3.8, 4) is 0 Å². The zero-order chi connectivity index (χ0) is 12.1. The number of nitrogens with two attached hydrogens (primary N) is 1. The summed E-state index contributed by atoms with van der Waals surface area (Å²) in [5, 5.41) is 3.42. The summed E-state index contributed by atoms with van der Waals surface area (Å²) in [7, 11) is 0. The molecule has 1 atom stereocenters. The third-order valence-corrected chi connectivity index (χ3v) is 3.10. The number of nitrogens with one attached hydrogen (secondary N) is 1. The number of hydrogen-bond acceptors (Lipinski definition) is 3. The van der Waals surface area contributed by atoms with Crippen molar-refractivity contribution in [2.75, 3.05) is 11.1 Å². The molecule has 0 aliphatic heterocycles. The van der Waals surface area contributed by atoms with Crippen LogP contribution in [0.25, 0.3) is 0 Å². The largest absolute Gasteiger partial charge is 0.396 e. The zero-order valence-corrected chi connectivity index (χ0v) is 11.7. The molecule has 0 saturated carbocycles. The Morgan fingerprint density at radius 1 is 1.31 bits per heavy atom. The molecule has 90 valence electrons. The van der Waals surface area contributed by atoms with E-state index in [2.05, 4.69) is 47.0 Å². The van der Waals surface area contributed by atoms with E-state index in [0.29, 0.717) is 11.7 Å². The van der Waals surface area contributed by atoms with Crippen molar-refractivity contribution in [2.24, 2.45) is 5.92 Å². The number of pyridine rings is 1. The monoisotopic (exact) mass is 285 g/mol. The first-order valence-corrected chi connectivity index (χ1v) is 6.45. The standard InChI is InChI=1S/C12H20BrN3/c1-8(2)4-5-9(3)16-12-10(13)6-15-7-11(12)14/h6-9H,4-5,14H2,1-3H3,(H,15,16). The van der Waals surface area contributed by atoms with Crippen LogP contribution in [0.3, 0.4) is 0 Å². The molecule has 1 unspecified atom stereocenters. The van der Waals surface area contributed by atoms with Gasteiger partial charge in [-0.3, -0.25) is 4.98 Å². The van der Waals surface area contributed by atoms with Gasteiger partial charge in [0, 0.05) is 12.2 Å². The average Bonchev–Trinajstić information content (AvgIpc) is 2.21. The van der Waals surface area contributed by atoms with Crippen molar-refractivity contribution in [3.05, 3.63) is 16.9 Å². The maximum Gasteiger partial charge on any atom is 0.0752 e. The SMILES string of the molecule is CC(C)CCC(C)Nc1c(N)cncc1Br. The number of aromatic nitrogens is 1. The van der Waals surface area contributed by atoms with E-state index >= 15 is 0 Å². The predicted octanol–water partition coefficient (Wildman–Crippen LogP) is 3.66. The Hall–Kier alpha value is -0.770. The van der Waals surface area contributed by atoms with Gasteiger partial charge in [-0.1, -0.05) is 13.8 Å². The molecule has 4 heteroatoms. The molecular formula is C12H20BrN3. The van der Waals surface area contributed by atoms with Crippen LogP contribution in [0.4, 0.5) is 11.4 Å². The highest BCUT2D eigenvalue weighted by molar-refractivity contribution is 9.10. The van der Waals surface area contributed by atoms with Gasteiger partial charge < -0.3 is 11.1 Å². The minimum atomic E-state index is 0.420. The molecule has 0 aliphatic carbocycles. The molecule has 0 aromatic carbocycles. The van der Waals surface area contributed by atoms with Crippen molar-refractivity contribution in [1.82, 2.24) is 4.98 Å². The molecule has 0 saturated heterocycles. The van der Waals surface area contributed by atoms with Crippen LogP contribution in [0.2, 0.25) is 0 Å². The lowest BCUT2D eigenvalue weighted by molar-refractivity contribution is 0.527. The van der Waals surface area contributed by atoms with Crippen LogP contribution in [-0.2, 0) is 0 Å². The minimum Gasteiger partial charge on any atom is -0.396 e. The van der Waals surface area contributed by atoms with Crippen molar-refractivity contribution >= 4 is 27.3 Å². The molecular weight excluding hydrogens is 266 g/mol. The van der Waals surface area contributed by atoms with E-state index in [0.717, 1.165) is 22.5 Å². The van der Waals surface area contributed by atoms with E-state index in [4.69, 9.17) is 5.73 Å². The molecule has 0 spiro atoms. The molecule has 0 amide bonds. The lowest BCUT2D eigenvalue weighted by Gasteiger charge is -2.18. The lowest BCUT2D eigenvalue weighted by atomic mass is 10.0. The van der Waals surface area contributed by atoms with E-state index < -0.39 is 0 Å². The second kappa shape index (κ2) is 6.09. The van der Waals surface area contributed by atoms with Crippen LogP contribution in [0.15, 0.2) is 16.9 Å². The molecule has 0 fully saturated rings. The third kappa shape index (κ3) is 4.00. The molecule has 0 bridgehead atoms. The van der Waals surface area contributed by atoms with Gasteiger partial charge in [0.15, 0.2) is 0 Å². The molecule has 16 heavy (non-hydrogen) atoms. The summed E-state index contributed by atoms with van der Waals surface area (Å²) in [6, 6.07) is 0.420. The minimum absolute atomic E-state index is 0.420. The average molecular weight is 286 g/mol. The van der Waals surface area contributed by atoms with Crippen LogP contribution in [0.5, 0.6) is 0 Å². The van der Waals surface area contributed by atoms with E-state index in [9.17, 15) is 0 Å². The molecule has 1 heterocycles. The highest BCUT2D eigenvalue weighted by Crippen LogP contribution is 2.28. The normalized spacial score (nSPS) is 12.8. The number of anilines is 2. The summed E-state index contributed by atoms with van der Waals surface area (Å²) in [6.07, 6.45) is 5.79. The van der Waals surface area contributed by atoms with Crippen LogP contribution in [0.1, 0.15) is 33.6 Å². The van der Waals surface area contributed by atoms with Gasteiger partial charge in [-0.05, 0) is 41.6 Å². The van der Waals surface area contributed by atoms with Gasteiger partial charge in [0.2, 0.25) is 0 Å². The summed E-state index contributed by atoms with van der Waals surface area (Å²) in [5.74, 6) is 0.738. The highest BCUT2D eigenvalue weighted by Gasteiger charge is 2.09. The Balaban J connectivity index is 2.59. The Bertz CT molecular complexity index is 319. The molecule has 0 aliphatic rings. The second-order valence-corrected chi connectivity index (χ2v) is 5.46. The fourth-order valence-corrected chi connectivity index (χ4v) is 1.97.